The standard InChI is InChI=1S/C17H24ClN3OSi/c1-11-9-14(18)13-10-15(21-16(13)19-11)17(22)20-12-5-4-7-23(2,3)8-6-12/h9-10,12H,4-8H2,1-3H3,(H,19,21)(H,20,22). The zero-order valence-electron chi connectivity index (χ0n) is 14.0. The Morgan fingerprint density at radius 2 is 2.13 bits per heavy atom. The van der Waals surface area contributed by atoms with Crippen molar-refractivity contribution in [2.75, 3.05) is 0 Å². The summed E-state index contributed by atoms with van der Waals surface area (Å²) in [7, 11) is -1.04. The summed E-state index contributed by atoms with van der Waals surface area (Å²) in [6.07, 6.45) is 3.41. The van der Waals surface area contributed by atoms with Gasteiger partial charge in [-0.15, -0.1) is 0 Å². The van der Waals surface area contributed by atoms with Gasteiger partial charge in [0, 0.05) is 25.2 Å². The molecule has 1 aliphatic heterocycles. The maximum Gasteiger partial charge on any atom is 0.267 e. The van der Waals surface area contributed by atoms with Crippen LogP contribution in [0.25, 0.3) is 11.0 Å². The van der Waals surface area contributed by atoms with Crippen molar-refractivity contribution in [2.24, 2.45) is 0 Å². The number of amides is 1. The van der Waals surface area contributed by atoms with Crippen LogP contribution in [0.4, 0.5) is 0 Å². The first-order valence-electron chi connectivity index (χ1n) is 8.31. The molecule has 0 bridgehead atoms. The number of pyridine rings is 1. The van der Waals surface area contributed by atoms with E-state index in [1.54, 1.807) is 6.07 Å². The third-order valence-corrected chi connectivity index (χ3v) is 8.50. The van der Waals surface area contributed by atoms with Crippen molar-refractivity contribution >= 4 is 36.6 Å². The van der Waals surface area contributed by atoms with Crippen molar-refractivity contribution in [3.63, 3.8) is 0 Å². The summed E-state index contributed by atoms with van der Waals surface area (Å²) in [5.74, 6) is -0.0527. The third-order valence-electron chi connectivity index (χ3n) is 4.83. The number of rotatable bonds is 2. The van der Waals surface area contributed by atoms with Crippen LogP contribution in [0.5, 0.6) is 0 Å². The van der Waals surface area contributed by atoms with Gasteiger partial charge in [0.05, 0.1) is 5.02 Å². The summed E-state index contributed by atoms with van der Waals surface area (Å²) in [5, 5.41) is 4.62. The summed E-state index contributed by atoms with van der Waals surface area (Å²) in [4.78, 5) is 20.1. The molecule has 3 heterocycles. The monoisotopic (exact) mass is 349 g/mol. The lowest BCUT2D eigenvalue weighted by atomic mass is 10.1. The van der Waals surface area contributed by atoms with E-state index in [1.165, 1.54) is 18.5 Å². The van der Waals surface area contributed by atoms with Gasteiger partial charge in [0.2, 0.25) is 0 Å². The predicted octanol–water partition coefficient (Wildman–Crippen LogP) is 4.52. The van der Waals surface area contributed by atoms with Crippen molar-refractivity contribution in [3.8, 4) is 0 Å². The summed E-state index contributed by atoms with van der Waals surface area (Å²) in [5.41, 5.74) is 2.06. The minimum atomic E-state index is -1.04. The minimum Gasteiger partial charge on any atom is -0.348 e. The molecule has 1 amide bonds. The largest absolute Gasteiger partial charge is 0.348 e. The van der Waals surface area contributed by atoms with Crippen LogP contribution >= 0.6 is 11.6 Å². The number of aryl methyl sites for hydroxylation is 1. The highest BCUT2D eigenvalue weighted by molar-refractivity contribution is 6.77. The maximum absolute atomic E-state index is 12.6. The van der Waals surface area contributed by atoms with Crippen LogP contribution < -0.4 is 5.32 Å². The van der Waals surface area contributed by atoms with Crippen molar-refractivity contribution in [1.29, 1.82) is 0 Å². The van der Waals surface area contributed by atoms with Crippen molar-refractivity contribution in [1.82, 2.24) is 15.3 Å². The SMILES string of the molecule is Cc1cc(Cl)c2cc(C(=O)NC3CCC[Si](C)(C)CC3)[nH]c2n1. The molecule has 1 fully saturated rings. The first-order valence-corrected chi connectivity index (χ1v) is 12.1. The van der Waals surface area contributed by atoms with E-state index in [2.05, 4.69) is 28.4 Å². The summed E-state index contributed by atoms with van der Waals surface area (Å²) >= 11 is 6.24. The molecule has 1 unspecified atom stereocenters. The number of halogens is 1. The van der Waals surface area contributed by atoms with E-state index in [0.29, 0.717) is 16.4 Å². The van der Waals surface area contributed by atoms with Gasteiger partial charge in [-0.25, -0.2) is 4.98 Å². The molecule has 0 aliphatic carbocycles. The Labute approximate surface area is 143 Å². The molecule has 1 atom stereocenters. The normalized spacial score (nSPS) is 21.1. The first kappa shape index (κ1) is 16.5. The summed E-state index contributed by atoms with van der Waals surface area (Å²) in [6, 6.07) is 6.56. The molecule has 0 saturated carbocycles. The van der Waals surface area contributed by atoms with Crippen LogP contribution in [0.1, 0.15) is 35.4 Å². The molecule has 1 aliphatic rings. The van der Waals surface area contributed by atoms with Crippen LogP contribution in [-0.2, 0) is 0 Å². The van der Waals surface area contributed by atoms with Crippen LogP contribution in [0.15, 0.2) is 12.1 Å². The Hall–Kier alpha value is -1.33. The molecule has 0 radical (unpaired) electrons. The molecular formula is C17H24ClN3OSi. The fourth-order valence-corrected chi connectivity index (χ4v) is 6.22. The van der Waals surface area contributed by atoms with Crippen molar-refractivity contribution < 1.29 is 4.79 Å². The molecule has 2 aromatic heterocycles. The average Bonchev–Trinajstić information content (AvgIpc) is 2.81. The van der Waals surface area contributed by atoms with Gasteiger partial charge < -0.3 is 10.3 Å². The van der Waals surface area contributed by atoms with E-state index in [4.69, 9.17) is 11.6 Å². The molecule has 0 spiro atoms. The molecule has 2 aromatic rings. The fourth-order valence-electron chi connectivity index (χ4n) is 3.37. The van der Waals surface area contributed by atoms with Gasteiger partial charge in [-0.1, -0.05) is 43.2 Å². The van der Waals surface area contributed by atoms with Gasteiger partial charge in [0.1, 0.15) is 11.3 Å². The van der Waals surface area contributed by atoms with E-state index in [0.717, 1.165) is 23.9 Å². The third kappa shape index (κ3) is 3.78. The number of H-pyrrole nitrogens is 1. The zero-order valence-corrected chi connectivity index (χ0v) is 15.8. The number of carbonyl (C=O) groups is 1. The Balaban J connectivity index is 1.74. The smallest absolute Gasteiger partial charge is 0.267 e. The van der Waals surface area contributed by atoms with Gasteiger partial charge in [-0.05, 0) is 31.9 Å². The molecule has 0 aromatic carbocycles. The van der Waals surface area contributed by atoms with Gasteiger partial charge in [-0.3, -0.25) is 4.79 Å². The second-order valence-corrected chi connectivity index (χ2v) is 13.2. The van der Waals surface area contributed by atoms with Crippen molar-refractivity contribution in [2.45, 2.75) is 57.4 Å². The molecule has 6 heteroatoms. The van der Waals surface area contributed by atoms with Crippen LogP contribution in [0.3, 0.4) is 0 Å². The summed E-state index contributed by atoms with van der Waals surface area (Å²) < 4.78 is 0. The number of fused-ring (bicyclic) bond motifs is 1. The fraction of sp³-hybridized carbons (Fsp3) is 0.529. The number of hydrogen-bond acceptors (Lipinski definition) is 2. The van der Waals surface area contributed by atoms with Gasteiger partial charge in [0.25, 0.3) is 5.91 Å². The number of nitrogens with zero attached hydrogens (tertiary/aromatic N) is 1. The van der Waals surface area contributed by atoms with Gasteiger partial charge in [0.15, 0.2) is 0 Å². The van der Waals surface area contributed by atoms with Crippen LogP contribution in [0.2, 0.25) is 30.2 Å². The zero-order chi connectivity index (χ0) is 16.6. The van der Waals surface area contributed by atoms with Crippen LogP contribution in [0, 0.1) is 6.92 Å². The topological polar surface area (TPSA) is 57.8 Å². The number of aromatic nitrogens is 2. The maximum atomic E-state index is 12.6. The van der Waals surface area contributed by atoms with Gasteiger partial charge >= 0.3 is 0 Å². The molecule has 3 rings (SSSR count). The molecular weight excluding hydrogens is 326 g/mol. The number of nitrogens with one attached hydrogen (secondary N) is 2. The Morgan fingerprint density at radius 1 is 1.35 bits per heavy atom. The van der Waals surface area contributed by atoms with E-state index < -0.39 is 8.07 Å². The number of carbonyl (C=O) groups excluding carboxylic acids is 1. The average molecular weight is 350 g/mol. The quantitative estimate of drug-likeness (QED) is 0.783. The number of hydrogen-bond donors (Lipinski definition) is 2. The molecule has 4 nitrogen and oxygen atoms in total. The Bertz CT molecular complexity index is 741. The second-order valence-electron chi connectivity index (χ2n) is 7.46. The molecule has 23 heavy (non-hydrogen) atoms. The molecule has 2 N–H and O–H groups in total. The summed E-state index contributed by atoms with van der Waals surface area (Å²) in [6.45, 7) is 6.79. The predicted molar refractivity (Wildman–Crippen MR) is 98.0 cm³/mol. The highest BCUT2D eigenvalue weighted by atomic mass is 35.5. The van der Waals surface area contributed by atoms with E-state index >= 15 is 0 Å². The minimum absolute atomic E-state index is 0.0527. The lowest BCUT2D eigenvalue weighted by Gasteiger charge is -2.19. The lowest BCUT2D eigenvalue weighted by molar-refractivity contribution is 0.0930. The highest BCUT2D eigenvalue weighted by Crippen LogP contribution is 2.28. The van der Waals surface area contributed by atoms with E-state index in [-0.39, 0.29) is 11.9 Å². The first-order chi connectivity index (χ1) is 10.8. The number of aromatic amines is 1. The highest BCUT2D eigenvalue weighted by Gasteiger charge is 2.27. The second kappa shape index (κ2) is 6.28. The van der Waals surface area contributed by atoms with E-state index in [9.17, 15) is 4.79 Å². The Morgan fingerprint density at radius 3 is 2.91 bits per heavy atom. The van der Waals surface area contributed by atoms with Gasteiger partial charge in [-0.2, -0.15) is 0 Å². The molecule has 1 saturated heterocycles. The molecule has 124 valence electrons. The lowest BCUT2D eigenvalue weighted by Crippen LogP contribution is -2.35. The van der Waals surface area contributed by atoms with Crippen LogP contribution in [-0.4, -0.2) is 30.0 Å². The van der Waals surface area contributed by atoms with E-state index in [1.807, 2.05) is 13.0 Å². The Kier molecular flexibility index (Phi) is 4.51. The van der Waals surface area contributed by atoms with Crippen molar-refractivity contribution in [3.05, 3.63) is 28.5 Å².